The van der Waals surface area contributed by atoms with Crippen LogP contribution in [0.25, 0.3) is 11.1 Å². The van der Waals surface area contributed by atoms with Gasteiger partial charge in [0.25, 0.3) is 10.0 Å². The number of urea groups is 1. The number of nitrogens with one attached hydrogen (secondary N) is 3. The van der Waals surface area contributed by atoms with E-state index in [1.807, 2.05) is 42.5 Å². The molecule has 4 aromatic rings. The van der Waals surface area contributed by atoms with Gasteiger partial charge in [0.2, 0.25) is 0 Å². The van der Waals surface area contributed by atoms with Crippen LogP contribution >= 0.6 is 11.6 Å². The van der Waals surface area contributed by atoms with Crippen molar-refractivity contribution >= 4 is 39.0 Å². The minimum atomic E-state index is -3.83. The molecule has 0 aromatic heterocycles. The van der Waals surface area contributed by atoms with Crippen LogP contribution in [-0.4, -0.2) is 14.4 Å². The second kappa shape index (κ2) is 10.4. The minimum absolute atomic E-state index is 0.184. The molecule has 0 atom stereocenters. The predicted molar refractivity (Wildman–Crippen MR) is 136 cm³/mol. The molecule has 0 radical (unpaired) electrons. The zero-order valence-corrected chi connectivity index (χ0v) is 19.6. The Labute approximate surface area is 203 Å². The second-order valence-corrected chi connectivity index (χ2v) is 9.57. The molecule has 8 heteroatoms. The van der Waals surface area contributed by atoms with Gasteiger partial charge in [0.1, 0.15) is 0 Å². The van der Waals surface area contributed by atoms with Crippen molar-refractivity contribution in [1.29, 1.82) is 0 Å². The van der Waals surface area contributed by atoms with E-state index in [9.17, 15) is 13.2 Å². The maximum atomic E-state index is 13.1. The van der Waals surface area contributed by atoms with Crippen LogP contribution in [0.2, 0.25) is 5.02 Å². The highest BCUT2D eigenvalue weighted by atomic mass is 35.5. The van der Waals surface area contributed by atoms with Crippen molar-refractivity contribution in [2.75, 3.05) is 10.0 Å². The van der Waals surface area contributed by atoms with Crippen LogP contribution in [-0.2, 0) is 16.6 Å². The maximum Gasteiger partial charge on any atom is 0.319 e. The van der Waals surface area contributed by atoms with E-state index in [4.69, 9.17) is 11.6 Å². The third kappa shape index (κ3) is 5.95. The molecule has 3 N–H and O–H groups in total. The average molecular weight is 492 g/mol. The zero-order chi connectivity index (χ0) is 24.0. The molecule has 0 spiro atoms. The van der Waals surface area contributed by atoms with Crippen molar-refractivity contribution in [3.05, 3.63) is 114 Å². The smallest absolute Gasteiger partial charge is 0.319 e. The van der Waals surface area contributed by atoms with Crippen molar-refractivity contribution in [3.8, 4) is 11.1 Å². The van der Waals surface area contributed by atoms with Gasteiger partial charge in [-0.05, 0) is 53.6 Å². The first kappa shape index (κ1) is 23.4. The highest BCUT2D eigenvalue weighted by Gasteiger charge is 2.19. The van der Waals surface area contributed by atoms with Gasteiger partial charge in [-0.3, -0.25) is 4.72 Å². The highest BCUT2D eigenvalue weighted by Crippen LogP contribution is 2.28. The molecule has 0 aliphatic heterocycles. The lowest BCUT2D eigenvalue weighted by atomic mass is 10.1. The molecule has 0 saturated carbocycles. The summed E-state index contributed by atoms with van der Waals surface area (Å²) in [6.45, 7) is 0.325. The molecule has 6 nitrogen and oxygen atoms in total. The Bertz CT molecular complexity index is 1390. The van der Waals surface area contributed by atoms with Crippen LogP contribution in [0.4, 0.5) is 16.2 Å². The molecule has 4 aromatic carbocycles. The largest absolute Gasteiger partial charge is 0.334 e. The van der Waals surface area contributed by atoms with Gasteiger partial charge < -0.3 is 10.6 Å². The Kier molecular flexibility index (Phi) is 7.15. The van der Waals surface area contributed by atoms with E-state index in [2.05, 4.69) is 15.4 Å². The third-order valence-corrected chi connectivity index (χ3v) is 6.67. The number of hydrogen-bond donors (Lipinski definition) is 3. The number of carbonyl (C=O) groups excluding carboxylic acids is 1. The number of benzene rings is 4. The van der Waals surface area contributed by atoms with Crippen LogP contribution in [0.3, 0.4) is 0 Å². The van der Waals surface area contributed by atoms with Gasteiger partial charge in [-0.25, -0.2) is 13.2 Å². The van der Waals surface area contributed by atoms with Gasteiger partial charge in [-0.15, -0.1) is 0 Å². The molecular weight excluding hydrogens is 470 g/mol. The summed E-state index contributed by atoms with van der Waals surface area (Å²) in [6, 6.07) is 29.5. The first-order valence-electron chi connectivity index (χ1n) is 10.5. The quantitative estimate of drug-likeness (QED) is 0.290. The first-order valence-corrected chi connectivity index (χ1v) is 12.3. The van der Waals surface area contributed by atoms with Crippen molar-refractivity contribution in [2.24, 2.45) is 0 Å². The van der Waals surface area contributed by atoms with Crippen molar-refractivity contribution < 1.29 is 13.2 Å². The minimum Gasteiger partial charge on any atom is -0.334 e. The van der Waals surface area contributed by atoms with E-state index in [0.717, 1.165) is 11.1 Å². The fourth-order valence-electron chi connectivity index (χ4n) is 3.39. The summed E-state index contributed by atoms with van der Waals surface area (Å²) in [5.74, 6) is 0. The topological polar surface area (TPSA) is 87.3 Å². The second-order valence-electron chi connectivity index (χ2n) is 7.48. The van der Waals surface area contributed by atoms with Crippen molar-refractivity contribution in [2.45, 2.75) is 11.4 Å². The SMILES string of the molecule is O=C(NCc1cccc(Cl)c1)Nc1ccc(NS(=O)(=O)c2ccccc2-c2ccccc2)cc1. The Hall–Kier alpha value is -3.81. The fraction of sp³-hybridized carbons (Fsp3) is 0.0385. The molecule has 0 bridgehead atoms. The standard InChI is InChI=1S/C26H22ClN3O3S/c27-21-10-6-7-19(17-21)18-28-26(31)29-22-13-15-23(16-14-22)30-34(32,33)25-12-5-4-11-24(25)20-8-2-1-3-9-20/h1-17,30H,18H2,(H2,28,29,31). The third-order valence-electron chi connectivity index (χ3n) is 5.00. The van der Waals surface area contributed by atoms with Gasteiger partial charge in [-0.1, -0.05) is 72.3 Å². The summed E-state index contributed by atoms with van der Waals surface area (Å²) < 4.78 is 28.8. The van der Waals surface area contributed by atoms with Gasteiger partial charge >= 0.3 is 6.03 Å². The molecule has 0 aliphatic rings. The lowest BCUT2D eigenvalue weighted by molar-refractivity contribution is 0.251. The van der Waals surface area contributed by atoms with Gasteiger partial charge in [-0.2, -0.15) is 0 Å². The fourth-order valence-corrected chi connectivity index (χ4v) is 4.90. The van der Waals surface area contributed by atoms with Crippen LogP contribution in [0.15, 0.2) is 108 Å². The first-order chi connectivity index (χ1) is 16.4. The molecule has 0 aliphatic carbocycles. The Balaban J connectivity index is 1.41. The molecule has 4 rings (SSSR count). The number of anilines is 2. The summed E-state index contributed by atoms with van der Waals surface area (Å²) in [5.41, 5.74) is 3.21. The monoisotopic (exact) mass is 491 g/mol. The van der Waals surface area contributed by atoms with Crippen LogP contribution < -0.4 is 15.4 Å². The summed E-state index contributed by atoms with van der Waals surface area (Å²) in [6.07, 6.45) is 0. The average Bonchev–Trinajstić information content (AvgIpc) is 2.84. The van der Waals surface area contributed by atoms with E-state index in [1.165, 1.54) is 0 Å². The number of sulfonamides is 1. The summed E-state index contributed by atoms with van der Waals surface area (Å²) in [5, 5.41) is 6.07. The molecule has 2 amide bonds. The number of amides is 2. The van der Waals surface area contributed by atoms with Gasteiger partial charge in [0, 0.05) is 28.5 Å². The van der Waals surface area contributed by atoms with Crippen molar-refractivity contribution in [3.63, 3.8) is 0 Å². The molecule has 34 heavy (non-hydrogen) atoms. The summed E-state index contributed by atoms with van der Waals surface area (Å²) in [4.78, 5) is 12.4. The molecule has 0 saturated heterocycles. The molecule has 0 heterocycles. The van der Waals surface area contributed by atoms with E-state index >= 15 is 0 Å². The van der Waals surface area contributed by atoms with Gasteiger partial charge in [0.15, 0.2) is 0 Å². The Morgan fingerprint density at radius 2 is 1.44 bits per heavy atom. The molecule has 0 unspecified atom stereocenters. The normalized spacial score (nSPS) is 11.0. The van der Waals surface area contributed by atoms with Crippen LogP contribution in [0.1, 0.15) is 5.56 Å². The number of halogens is 1. The highest BCUT2D eigenvalue weighted by molar-refractivity contribution is 7.92. The maximum absolute atomic E-state index is 13.1. The predicted octanol–water partition coefficient (Wildman–Crippen LogP) is 6.13. The number of rotatable bonds is 7. The zero-order valence-electron chi connectivity index (χ0n) is 18.0. The summed E-state index contributed by atoms with van der Waals surface area (Å²) >= 11 is 5.95. The Morgan fingerprint density at radius 3 is 2.18 bits per heavy atom. The van der Waals surface area contributed by atoms with Crippen LogP contribution in [0.5, 0.6) is 0 Å². The van der Waals surface area contributed by atoms with E-state index in [0.29, 0.717) is 28.5 Å². The lowest BCUT2D eigenvalue weighted by Gasteiger charge is -2.13. The van der Waals surface area contributed by atoms with E-state index < -0.39 is 10.0 Å². The van der Waals surface area contributed by atoms with E-state index in [1.54, 1.807) is 60.7 Å². The molecular formula is C26H22ClN3O3S. The summed E-state index contributed by atoms with van der Waals surface area (Å²) in [7, 11) is -3.83. The lowest BCUT2D eigenvalue weighted by Crippen LogP contribution is -2.28. The Morgan fingerprint density at radius 1 is 0.765 bits per heavy atom. The number of carbonyl (C=O) groups is 1. The van der Waals surface area contributed by atoms with Gasteiger partial charge in [0.05, 0.1) is 4.90 Å². The van der Waals surface area contributed by atoms with E-state index in [-0.39, 0.29) is 10.9 Å². The van der Waals surface area contributed by atoms with Crippen LogP contribution in [0, 0.1) is 0 Å². The van der Waals surface area contributed by atoms with Crippen molar-refractivity contribution in [1.82, 2.24) is 5.32 Å². The molecule has 172 valence electrons. The number of hydrogen-bond acceptors (Lipinski definition) is 3. The molecule has 0 fully saturated rings.